The van der Waals surface area contributed by atoms with Gasteiger partial charge in [0.25, 0.3) is 5.91 Å². The van der Waals surface area contributed by atoms with Gasteiger partial charge < -0.3 is 10.4 Å². The van der Waals surface area contributed by atoms with E-state index in [0.717, 1.165) is 25.7 Å². The molecule has 162 valence electrons. The van der Waals surface area contributed by atoms with Crippen LogP contribution in [0.4, 0.5) is 13.2 Å². The average molecular weight is 420 g/mol. The molecular formula is C23H27F3N2O2. The highest BCUT2D eigenvalue weighted by atomic mass is 19.3. The smallest absolute Gasteiger partial charge is 0.253 e. The van der Waals surface area contributed by atoms with Gasteiger partial charge in [0.15, 0.2) is 0 Å². The molecule has 2 atom stereocenters. The Morgan fingerprint density at radius 3 is 2.50 bits per heavy atom. The Labute approximate surface area is 173 Å². The first kappa shape index (κ1) is 21.1. The van der Waals surface area contributed by atoms with Crippen LogP contribution in [0.15, 0.2) is 24.4 Å². The first-order valence-corrected chi connectivity index (χ1v) is 10.5. The number of amides is 1. The minimum atomic E-state index is -2.44. The summed E-state index contributed by atoms with van der Waals surface area (Å²) < 4.78 is 40.1. The van der Waals surface area contributed by atoms with E-state index in [4.69, 9.17) is 0 Å². The maximum Gasteiger partial charge on any atom is 0.253 e. The first-order chi connectivity index (χ1) is 14.1. The molecular weight excluding hydrogens is 393 g/mol. The summed E-state index contributed by atoms with van der Waals surface area (Å²) in [4.78, 5) is 16.9. The lowest BCUT2D eigenvalue weighted by Crippen LogP contribution is -2.41. The Balaban J connectivity index is 1.44. The minimum Gasteiger partial charge on any atom is -0.390 e. The van der Waals surface area contributed by atoms with Crippen molar-refractivity contribution in [2.45, 2.75) is 69.9 Å². The van der Waals surface area contributed by atoms with Crippen LogP contribution in [0.1, 0.15) is 67.8 Å². The molecule has 1 aromatic heterocycles. The second kappa shape index (κ2) is 7.84. The molecule has 7 heteroatoms. The molecule has 2 saturated carbocycles. The molecule has 0 radical (unpaired) electrons. The van der Waals surface area contributed by atoms with Gasteiger partial charge in [-0.25, -0.2) is 13.2 Å². The molecule has 4 nitrogen and oxygen atoms in total. The predicted molar refractivity (Wildman–Crippen MR) is 108 cm³/mol. The van der Waals surface area contributed by atoms with Gasteiger partial charge in [-0.15, -0.1) is 0 Å². The molecule has 4 rings (SSSR count). The van der Waals surface area contributed by atoms with Gasteiger partial charge in [-0.1, -0.05) is 0 Å². The quantitative estimate of drug-likeness (QED) is 0.730. The molecule has 2 aromatic rings. The van der Waals surface area contributed by atoms with Crippen molar-refractivity contribution in [2.24, 2.45) is 11.8 Å². The molecule has 2 aliphatic carbocycles. The summed E-state index contributed by atoms with van der Waals surface area (Å²) in [6.07, 6.45) is 2.58. The number of carbonyl (C=O) groups is 1. The van der Waals surface area contributed by atoms with Crippen LogP contribution in [-0.4, -0.2) is 34.1 Å². The maximum atomic E-state index is 14.5. The fourth-order valence-corrected chi connectivity index (χ4v) is 4.64. The highest BCUT2D eigenvalue weighted by Gasteiger charge is 2.46. The molecule has 0 saturated heterocycles. The Bertz CT molecular complexity index is 949. The molecule has 2 unspecified atom stereocenters. The zero-order valence-electron chi connectivity index (χ0n) is 17.2. The van der Waals surface area contributed by atoms with E-state index in [1.807, 2.05) is 13.8 Å². The van der Waals surface area contributed by atoms with Crippen LogP contribution in [0.2, 0.25) is 0 Å². The van der Waals surface area contributed by atoms with Gasteiger partial charge in [0.2, 0.25) is 6.43 Å². The second-order valence-electron chi connectivity index (χ2n) is 9.31. The van der Waals surface area contributed by atoms with E-state index >= 15 is 0 Å². The lowest BCUT2D eigenvalue weighted by atomic mass is 9.77. The van der Waals surface area contributed by atoms with E-state index in [9.17, 15) is 23.1 Å². The molecule has 0 aliphatic heterocycles. The number of aromatic nitrogens is 1. The lowest BCUT2D eigenvalue weighted by molar-refractivity contribution is -0.00257. The summed E-state index contributed by atoms with van der Waals surface area (Å²) >= 11 is 0. The van der Waals surface area contributed by atoms with E-state index in [1.165, 1.54) is 18.3 Å². The molecule has 1 amide bonds. The van der Waals surface area contributed by atoms with Crippen molar-refractivity contribution in [1.29, 1.82) is 0 Å². The highest BCUT2D eigenvalue weighted by molar-refractivity contribution is 5.97. The third kappa shape index (κ3) is 4.31. The van der Waals surface area contributed by atoms with Crippen LogP contribution in [0, 0.1) is 17.7 Å². The van der Waals surface area contributed by atoms with Crippen molar-refractivity contribution in [3.8, 4) is 0 Å². The fourth-order valence-electron chi connectivity index (χ4n) is 4.64. The number of hydrogen-bond donors (Lipinski definition) is 2. The summed E-state index contributed by atoms with van der Waals surface area (Å²) in [5, 5.41) is 13.6. The number of alkyl halides is 2. The van der Waals surface area contributed by atoms with Crippen molar-refractivity contribution in [2.75, 3.05) is 0 Å². The van der Waals surface area contributed by atoms with Crippen LogP contribution in [-0.2, 0) is 0 Å². The molecule has 2 N–H and O–H groups in total. The monoisotopic (exact) mass is 420 g/mol. The summed E-state index contributed by atoms with van der Waals surface area (Å²) in [6, 6.07) is 4.43. The minimum absolute atomic E-state index is 0.0343. The molecule has 2 aliphatic rings. The Morgan fingerprint density at radius 1 is 1.20 bits per heavy atom. The topological polar surface area (TPSA) is 62.2 Å². The van der Waals surface area contributed by atoms with Crippen molar-refractivity contribution in [3.63, 3.8) is 0 Å². The number of aliphatic hydroxyl groups is 1. The number of nitrogens with one attached hydrogen (secondary N) is 1. The van der Waals surface area contributed by atoms with E-state index < -0.39 is 29.7 Å². The Morgan fingerprint density at radius 2 is 1.90 bits per heavy atom. The van der Waals surface area contributed by atoms with E-state index in [1.54, 1.807) is 6.07 Å². The van der Waals surface area contributed by atoms with Crippen LogP contribution >= 0.6 is 0 Å². The predicted octanol–water partition coefficient (Wildman–Crippen LogP) is 4.80. The summed E-state index contributed by atoms with van der Waals surface area (Å²) in [5.74, 6) is -1.81. The van der Waals surface area contributed by atoms with Gasteiger partial charge >= 0.3 is 0 Å². The highest BCUT2D eigenvalue weighted by Crippen LogP contribution is 2.51. The van der Waals surface area contributed by atoms with Gasteiger partial charge in [0, 0.05) is 23.5 Å². The number of halogens is 3. The Kier molecular flexibility index (Phi) is 5.51. The zero-order chi connectivity index (χ0) is 21.6. The maximum absolute atomic E-state index is 14.5. The molecule has 1 heterocycles. The van der Waals surface area contributed by atoms with Crippen molar-refractivity contribution < 1.29 is 23.1 Å². The summed E-state index contributed by atoms with van der Waals surface area (Å²) in [7, 11) is 0. The lowest BCUT2D eigenvalue weighted by Gasteiger charge is -2.36. The SMILES string of the molecule is CC(C)(O)C1CCC(NC(=O)c2cnc3cc(C4CC4C(F)F)c(F)cc3c2)CC1. The number of nitrogens with zero attached hydrogens (tertiary/aromatic N) is 1. The zero-order valence-corrected chi connectivity index (χ0v) is 17.2. The average Bonchev–Trinajstić information content (AvgIpc) is 3.47. The number of pyridine rings is 1. The summed E-state index contributed by atoms with van der Waals surface area (Å²) in [5.41, 5.74) is 0.404. The van der Waals surface area contributed by atoms with Crippen molar-refractivity contribution in [1.82, 2.24) is 10.3 Å². The van der Waals surface area contributed by atoms with Crippen LogP contribution in [0.5, 0.6) is 0 Å². The third-order valence-electron chi connectivity index (χ3n) is 6.69. The second-order valence-corrected chi connectivity index (χ2v) is 9.31. The van der Waals surface area contributed by atoms with Gasteiger partial charge in [-0.2, -0.15) is 0 Å². The standard InChI is InChI=1S/C23H27F3N2O2/c1-23(2,30)14-3-5-15(6-4-14)28-22(29)13-7-12-8-19(24)17(10-20(12)27-11-13)16-9-18(16)21(25)26/h7-8,10-11,14-16,18,21,30H,3-6,9H2,1-2H3,(H,28,29). The summed E-state index contributed by atoms with van der Waals surface area (Å²) in [6.45, 7) is 3.64. The number of rotatable bonds is 5. The van der Waals surface area contributed by atoms with Crippen LogP contribution < -0.4 is 5.32 Å². The van der Waals surface area contributed by atoms with Gasteiger partial charge in [-0.05, 0) is 81.5 Å². The number of hydrogen-bond acceptors (Lipinski definition) is 3. The van der Waals surface area contributed by atoms with Gasteiger partial charge in [0.05, 0.1) is 16.7 Å². The van der Waals surface area contributed by atoms with Crippen LogP contribution in [0.3, 0.4) is 0 Å². The van der Waals surface area contributed by atoms with Gasteiger partial charge in [0.1, 0.15) is 5.82 Å². The van der Waals surface area contributed by atoms with E-state index in [2.05, 4.69) is 10.3 Å². The van der Waals surface area contributed by atoms with Gasteiger partial charge in [-0.3, -0.25) is 9.78 Å². The van der Waals surface area contributed by atoms with E-state index in [-0.39, 0.29) is 29.9 Å². The number of carbonyl (C=O) groups excluding carboxylic acids is 1. The fraction of sp³-hybridized carbons (Fsp3) is 0.565. The molecule has 0 spiro atoms. The van der Waals surface area contributed by atoms with Crippen LogP contribution in [0.25, 0.3) is 10.9 Å². The normalized spacial score (nSPS) is 26.8. The Hall–Kier alpha value is -2.15. The van der Waals surface area contributed by atoms with E-state index in [0.29, 0.717) is 16.5 Å². The molecule has 1 aromatic carbocycles. The first-order valence-electron chi connectivity index (χ1n) is 10.5. The molecule has 0 bridgehead atoms. The number of fused-ring (bicyclic) bond motifs is 1. The molecule has 2 fully saturated rings. The van der Waals surface area contributed by atoms with Crippen molar-refractivity contribution >= 4 is 16.8 Å². The third-order valence-corrected chi connectivity index (χ3v) is 6.69. The molecule has 30 heavy (non-hydrogen) atoms. The largest absolute Gasteiger partial charge is 0.390 e. The van der Waals surface area contributed by atoms with Crippen molar-refractivity contribution in [3.05, 3.63) is 41.3 Å². The number of benzene rings is 1.